The molecule has 26 heavy (non-hydrogen) atoms. The Kier molecular flexibility index (Phi) is 5.40. The normalized spacial score (nSPS) is 10.6. The van der Waals surface area contributed by atoms with E-state index in [1.165, 1.54) is 0 Å². The molecule has 1 heterocycles. The molecule has 1 N–H and O–H groups in total. The minimum atomic E-state index is 0.0170. The van der Waals surface area contributed by atoms with Gasteiger partial charge in [-0.25, -0.2) is 0 Å². The van der Waals surface area contributed by atoms with Gasteiger partial charge in [0.2, 0.25) is 11.7 Å². The summed E-state index contributed by atoms with van der Waals surface area (Å²) in [5.74, 6) is 1.58. The summed E-state index contributed by atoms with van der Waals surface area (Å²) in [5, 5.41) is 16.9. The predicted octanol–water partition coefficient (Wildman–Crippen LogP) is 4.66. The second kappa shape index (κ2) is 7.89. The number of halogens is 1. The molecule has 0 saturated carbocycles. The molecule has 0 aliphatic heterocycles. The molecule has 0 amide bonds. The standard InChI is InChI=1S/C19H17ClN4O2/c1-12(2)25-17-8-3-13(10-21)9-16(17)22-11-18-23-19(24-26-18)14-4-6-15(20)7-5-14/h3-9,12,22H,11H2,1-2H3. The van der Waals surface area contributed by atoms with E-state index in [0.29, 0.717) is 40.3 Å². The number of nitrogens with zero attached hydrogens (tertiary/aromatic N) is 3. The van der Waals surface area contributed by atoms with E-state index in [0.717, 1.165) is 5.56 Å². The van der Waals surface area contributed by atoms with Gasteiger partial charge in [0.15, 0.2) is 0 Å². The molecule has 0 aliphatic rings. The van der Waals surface area contributed by atoms with Gasteiger partial charge in [0.05, 0.1) is 30.0 Å². The Labute approximate surface area is 156 Å². The zero-order chi connectivity index (χ0) is 18.5. The number of nitriles is 1. The lowest BCUT2D eigenvalue weighted by Crippen LogP contribution is -2.09. The monoisotopic (exact) mass is 368 g/mol. The van der Waals surface area contributed by atoms with Crippen molar-refractivity contribution in [1.29, 1.82) is 5.26 Å². The van der Waals surface area contributed by atoms with E-state index in [1.54, 1.807) is 30.3 Å². The van der Waals surface area contributed by atoms with Crippen molar-refractivity contribution in [2.45, 2.75) is 26.5 Å². The van der Waals surface area contributed by atoms with Gasteiger partial charge in [-0.15, -0.1) is 0 Å². The number of hydrogen-bond donors (Lipinski definition) is 1. The molecule has 0 unspecified atom stereocenters. The lowest BCUT2D eigenvalue weighted by atomic mass is 10.2. The summed E-state index contributed by atoms with van der Waals surface area (Å²) in [6.45, 7) is 4.20. The first kappa shape index (κ1) is 17.8. The maximum absolute atomic E-state index is 9.10. The van der Waals surface area contributed by atoms with Crippen molar-refractivity contribution in [3.63, 3.8) is 0 Å². The molecule has 0 saturated heterocycles. The Balaban J connectivity index is 1.75. The number of aromatic nitrogens is 2. The Morgan fingerprint density at radius 2 is 2.00 bits per heavy atom. The van der Waals surface area contributed by atoms with Crippen molar-refractivity contribution in [1.82, 2.24) is 10.1 Å². The fraction of sp³-hybridized carbons (Fsp3) is 0.211. The highest BCUT2D eigenvalue weighted by atomic mass is 35.5. The third-order valence-corrected chi connectivity index (χ3v) is 3.72. The van der Waals surface area contributed by atoms with Crippen LogP contribution < -0.4 is 10.1 Å². The van der Waals surface area contributed by atoms with Crippen LogP contribution >= 0.6 is 11.6 Å². The van der Waals surface area contributed by atoms with E-state index in [-0.39, 0.29) is 6.10 Å². The van der Waals surface area contributed by atoms with Crippen LogP contribution in [-0.4, -0.2) is 16.2 Å². The number of anilines is 1. The molecule has 0 radical (unpaired) electrons. The average molecular weight is 369 g/mol. The van der Waals surface area contributed by atoms with Gasteiger partial charge in [-0.3, -0.25) is 0 Å². The van der Waals surface area contributed by atoms with Gasteiger partial charge in [0, 0.05) is 10.6 Å². The van der Waals surface area contributed by atoms with E-state index in [2.05, 4.69) is 21.5 Å². The summed E-state index contributed by atoms with van der Waals surface area (Å²) < 4.78 is 11.1. The van der Waals surface area contributed by atoms with Gasteiger partial charge in [0.1, 0.15) is 5.75 Å². The van der Waals surface area contributed by atoms with Gasteiger partial charge < -0.3 is 14.6 Å². The third kappa shape index (κ3) is 4.32. The summed E-state index contributed by atoms with van der Waals surface area (Å²) >= 11 is 5.89. The number of nitrogens with one attached hydrogen (secondary N) is 1. The highest BCUT2D eigenvalue weighted by molar-refractivity contribution is 6.30. The van der Waals surface area contributed by atoms with Gasteiger partial charge >= 0.3 is 0 Å². The molecule has 2 aromatic carbocycles. The second-order valence-corrected chi connectivity index (χ2v) is 6.30. The minimum Gasteiger partial charge on any atom is -0.489 e. The molecule has 132 valence electrons. The van der Waals surface area contributed by atoms with E-state index < -0.39 is 0 Å². The summed E-state index contributed by atoms with van der Waals surface area (Å²) in [6.07, 6.45) is 0.0170. The Morgan fingerprint density at radius 3 is 2.69 bits per heavy atom. The number of ether oxygens (including phenoxy) is 1. The van der Waals surface area contributed by atoms with E-state index in [9.17, 15) is 0 Å². The molecular weight excluding hydrogens is 352 g/mol. The van der Waals surface area contributed by atoms with Crippen LogP contribution in [-0.2, 0) is 6.54 Å². The van der Waals surface area contributed by atoms with Gasteiger partial charge in [-0.2, -0.15) is 10.2 Å². The van der Waals surface area contributed by atoms with Crippen LogP contribution in [0.25, 0.3) is 11.4 Å². The van der Waals surface area contributed by atoms with Crippen LogP contribution in [0.2, 0.25) is 5.02 Å². The molecule has 3 rings (SSSR count). The average Bonchev–Trinajstić information content (AvgIpc) is 3.10. The van der Waals surface area contributed by atoms with Crippen molar-refractivity contribution in [3.05, 3.63) is 58.9 Å². The van der Waals surface area contributed by atoms with Crippen LogP contribution in [0.4, 0.5) is 5.69 Å². The summed E-state index contributed by atoms with van der Waals surface area (Å²) in [6, 6.07) is 14.5. The molecule has 7 heteroatoms. The van der Waals surface area contributed by atoms with Crippen LogP contribution in [0.15, 0.2) is 47.0 Å². The van der Waals surface area contributed by atoms with Gasteiger partial charge in [-0.1, -0.05) is 16.8 Å². The van der Waals surface area contributed by atoms with E-state index in [4.69, 9.17) is 26.1 Å². The topological polar surface area (TPSA) is 84.0 Å². The molecule has 3 aromatic rings. The quantitative estimate of drug-likeness (QED) is 0.681. The zero-order valence-corrected chi connectivity index (χ0v) is 15.1. The summed E-state index contributed by atoms with van der Waals surface area (Å²) in [7, 11) is 0. The molecule has 6 nitrogen and oxygen atoms in total. The second-order valence-electron chi connectivity index (χ2n) is 5.86. The third-order valence-electron chi connectivity index (χ3n) is 3.47. The molecule has 0 atom stereocenters. The van der Waals surface area contributed by atoms with Crippen molar-refractivity contribution in [3.8, 4) is 23.2 Å². The molecule has 0 spiro atoms. The predicted molar refractivity (Wildman–Crippen MR) is 99.0 cm³/mol. The molecule has 0 aliphatic carbocycles. The van der Waals surface area contributed by atoms with E-state index >= 15 is 0 Å². The maximum atomic E-state index is 9.10. The smallest absolute Gasteiger partial charge is 0.246 e. The van der Waals surface area contributed by atoms with Crippen LogP contribution in [0.3, 0.4) is 0 Å². The molecule has 1 aromatic heterocycles. The number of benzene rings is 2. The molecule has 0 fully saturated rings. The summed E-state index contributed by atoms with van der Waals surface area (Å²) in [4.78, 5) is 4.37. The van der Waals surface area contributed by atoms with Crippen molar-refractivity contribution >= 4 is 17.3 Å². The largest absolute Gasteiger partial charge is 0.489 e. The lowest BCUT2D eigenvalue weighted by molar-refractivity contribution is 0.243. The fourth-order valence-corrected chi connectivity index (χ4v) is 2.43. The van der Waals surface area contributed by atoms with Crippen molar-refractivity contribution in [2.24, 2.45) is 0 Å². The Hall–Kier alpha value is -3.04. The summed E-state index contributed by atoms with van der Waals surface area (Å²) in [5.41, 5.74) is 2.06. The Bertz CT molecular complexity index is 929. The van der Waals surface area contributed by atoms with Gasteiger partial charge in [0.25, 0.3) is 0 Å². The van der Waals surface area contributed by atoms with Crippen molar-refractivity contribution < 1.29 is 9.26 Å². The first-order valence-electron chi connectivity index (χ1n) is 8.08. The minimum absolute atomic E-state index is 0.0170. The SMILES string of the molecule is CC(C)Oc1ccc(C#N)cc1NCc1nc(-c2ccc(Cl)cc2)no1. The highest BCUT2D eigenvalue weighted by Crippen LogP contribution is 2.27. The first-order valence-corrected chi connectivity index (χ1v) is 8.46. The fourth-order valence-electron chi connectivity index (χ4n) is 2.31. The zero-order valence-electron chi connectivity index (χ0n) is 14.4. The Morgan fingerprint density at radius 1 is 1.23 bits per heavy atom. The van der Waals surface area contributed by atoms with Crippen LogP contribution in [0.5, 0.6) is 5.75 Å². The number of hydrogen-bond acceptors (Lipinski definition) is 6. The first-order chi connectivity index (χ1) is 12.5. The highest BCUT2D eigenvalue weighted by Gasteiger charge is 2.11. The van der Waals surface area contributed by atoms with Crippen molar-refractivity contribution in [2.75, 3.05) is 5.32 Å². The van der Waals surface area contributed by atoms with Crippen LogP contribution in [0.1, 0.15) is 25.3 Å². The molecular formula is C19H17ClN4O2. The van der Waals surface area contributed by atoms with Crippen LogP contribution in [0, 0.1) is 11.3 Å². The van der Waals surface area contributed by atoms with E-state index in [1.807, 2.05) is 26.0 Å². The lowest BCUT2D eigenvalue weighted by Gasteiger charge is -2.15. The van der Waals surface area contributed by atoms with Gasteiger partial charge in [-0.05, 0) is 56.3 Å². The molecule has 0 bridgehead atoms. The maximum Gasteiger partial charge on any atom is 0.246 e. The number of rotatable bonds is 6.